The number of hydrogen-bond donors (Lipinski definition) is 1. The Hall–Kier alpha value is -2.55. The number of aromatic nitrogens is 1. The van der Waals surface area contributed by atoms with Crippen molar-refractivity contribution in [2.45, 2.75) is 38.7 Å². The summed E-state index contributed by atoms with van der Waals surface area (Å²) in [4.78, 5) is 14.1. The predicted octanol–water partition coefficient (Wildman–Crippen LogP) is 4.71. The van der Waals surface area contributed by atoms with Gasteiger partial charge in [0.2, 0.25) is 0 Å². The van der Waals surface area contributed by atoms with E-state index in [1.54, 1.807) is 12.3 Å². The van der Waals surface area contributed by atoms with Crippen LogP contribution in [0.4, 0.5) is 0 Å². The Kier molecular flexibility index (Phi) is 5.32. The molecule has 1 aromatic heterocycles. The molecule has 0 aliphatic heterocycles. The maximum atomic E-state index is 11.5. The molecule has 3 rings (SSSR count). The normalized spacial score (nSPS) is 12.2. The van der Waals surface area contributed by atoms with E-state index in [1.165, 1.54) is 22.4 Å². The minimum atomic E-state index is -0.132. The van der Waals surface area contributed by atoms with Gasteiger partial charge in [-0.1, -0.05) is 62.2 Å². The van der Waals surface area contributed by atoms with E-state index in [0.29, 0.717) is 5.75 Å². The fourth-order valence-corrected chi connectivity index (χ4v) is 2.95. The number of pyridine rings is 1. The second-order valence-electron chi connectivity index (χ2n) is 6.16. The number of H-pyrrole nitrogens is 1. The SMILES string of the molecule is CCCCC(Cc1ccc2ccccc2c1)Oc1cc[nH]c(=O)c1. The van der Waals surface area contributed by atoms with Gasteiger partial charge in [-0.05, 0) is 28.8 Å². The largest absolute Gasteiger partial charge is 0.490 e. The zero-order valence-electron chi connectivity index (χ0n) is 14.0. The van der Waals surface area contributed by atoms with Gasteiger partial charge >= 0.3 is 0 Å². The van der Waals surface area contributed by atoms with Gasteiger partial charge in [-0.25, -0.2) is 0 Å². The highest BCUT2D eigenvalue weighted by Gasteiger charge is 2.12. The zero-order chi connectivity index (χ0) is 16.8. The molecule has 3 aromatic rings. The van der Waals surface area contributed by atoms with Gasteiger partial charge in [0.25, 0.3) is 5.56 Å². The first-order valence-corrected chi connectivity index (χ1v) is 8.57. The van der Waals surface area contributed by atoms with Crippen molar-refractivity contribution in [2.75, 3.05) is 0 Å². The van der Waals surface area contributed by atoms with Gasteiger partial charge in [-0.2, -0.15) is 0 Å². The molecule has 124 valence electrons. The highest BCUT2D eigenvalue weighted by molar-refractivity contribution is 5.82. The Labute approximate surface area is 142 Å². The molecule has 1 N–H and O–H groups in total. The number of nitrogens with one attached hydrogen (secondary N) is 1. The number of hydrogen-bond acceptors (Lipinski definition) is 2. The van der Waals surface area contributed by atoms with E-state index in [1.807, 2.05) is 0 Å². The van der Waals surface area contributed by atoms with Crippen LogP contribution in [-0.2, 0) is 6.42 Å². The van der Waals surface area contributed by atoms with E-state index in [-0.39, 0.29) is 11.7 Å². The van der Waals surface area contributed by atoms with Crippen molar-refractivity contribution in [3.63, 3.8) is 0 Å². The summed E-state index contributed by atoms with van der Waals surface area (Å²) < 4.78 is 6.09. The lowest BCUT2D eigenvalue weighted by Gasteiger charge is -2.19. The van der Waals surface area contributed by atoms with Crippen LogP contribution in [0.5, 0.6) is 5.75 Å². The van der Waals surface area contributed by atoms with Gasteiger partial charge in [-0.3, -0.25) is 4.79 Å². The van der Waals surface area contributed by atoms with Gasteiger partial charge in [0.05, 0.1) is 0 Å². The van der Waals surface area contributed by atoms with E-state index in [4.69, 9.17) is 4.74 Å². The second kappa shape index (κ2) is 7.82. The average Bonchev–Trinajstić information content (AvgIpc) is 2.59. The summed E-state index contributed by atoms with van der Waals surface area (Å²) in [5.74, 6) is 0.639. The smallest absolute Gasteiger partial charge is 0.251 e. The van der Waals surface area contributed by atoms with Crippen molar-refractivity contribution in [1.29, 1.82) is 0 Å². The van der Waals surface area contributed by atoms with Crippen LogP contribution in [-0.4, -0.2) is 11.1 Å². The fourth-order valence-electron chi connectivity index (χ4n) is 2.95. The first-order valence-electron chi connectivity index (χ1n) is 8.57. The molecule has 3 nitrogen and oxygen atoms in total. The summed E-state index contributed by atoms with van der Waals surface area (Å²) in [6.45, 7) is 2.18. The first-order chi connectivity index (χ1) is 11.7. The van der Waals surface area contributed by atoms with Crippen LogP contribution in [0.3, 0.4) is 0 Å². The number of rotatable bonds is 7. The molecule has 0 spiro atoms. The van der Waals surface area contributed by atoms with Gasteiger partial charge in [0, 0.05) is 18.7 Å². The minimum absolute atomic E-state index is 0.0768. The third-order valence-corrected chi connectivity index (χ3v) is 4.21. The summed E-state index contributed by atoms with van der Waals surface area (Å²) >= 11 is 0. The van der Waals surface area contributed by atoms with Gasteiger partial charge in [-0.15, -0.1) is 0 Å². The molecule has 0 saturated carbocycles. The average molecular weight is 321 g/mol. The fraction of sp³-hybridized carbons (Fsp3) is 0.286. The van der Waals surface area contributed by atoms with Crippen molar-refractivity contribution in [3.05, 3.63) is 76.7 Å². The van der Waals surface area contributed by atoms with Crippen molar-refractivity contribution in [3.8, 4) is 5.75 Å². The number of ether oxygens (including phenoxy) is 1. The Bertz CT molecular complexity index is 853. The summed E-state index contributed by atoms with van der Waals surface area (Å²) in [6, 6.07) is 18.3. The van der Waals surface area contributed by atoms with E-state index in [2.05, 4.69) is 54.4 Å². The third kappa shape index (κ3) is 4.25. The first kappa shape index (κ1) is 16.3. The number of unbranched alkanes of at least 4 members (excludes halogenated alkanes) is 1. The van der Waals surface area contributed by atoms with Gasteiger partial charge in [0.1, 0.15) is 11.9 Å². The predicted molar refractivity (Wildman–Crippen MR) is 98.7 cm³/mol. The van der Waals surface area contributed by atoms with Gasteiger partial charge < -0.3 is 9.72 Å². The molecule has 1 atom stereocenters. The maximum Gasteiger partial charge on any atom is 0.251 e. The molecule has 3 heteroatoms. The van der Waals surface area contributed by atoms with Crippen LogP contribution >= 0.6 is 0 Å². The number of benzene rings is 2. The third-order valence-electron chi connectivity index (χ3n) is 4.21. The Morgan fingerprint density at radius 3 is 2.67 bits per heavy atom. The molecule has 0 bridgehead atoms. The molecule has 2 aromatic carbocycles. The Balaban J connectivity index is 1.78. The summed E-state index contributed by atoms with van der Waals surface area (Å²) in [6.07, 6.45) is 5.78. The maximum absolute atomic E-state index is 11.5. The molecule has 1 unspecified atom stereocenters. The lowest BCUT2D eigenvalue weighted by molar-refractivity contribution is 0.187. The molecule has 0 radical (unpaired) electrons. The summed E-state index contributed by atoms with van der Waals surface area (Å²) in [5, 5.41) is 2.50. The Morgan fingerprint density at radius 1 is 1.04 bits per heavy atom. The quantitative estimate of drug-likeness (QED) is 0.685. The van der Waals surface area contributed by atoms with Crippen LogP contribution < -0.4 is 10.3 Å². The molecular formula is C21H23NO2. The molecule has 24 heavy (non-hydrogen) atoms. The van der Waals surface area contributed by atoms with E-state index < -0.39 is 0 Å². The van der Waals surface area contributed by atoms with Crippen molar-refractivity contribution in [2.24, 2.45) is 0 Å². The summed E-state index contributed by atoms with van der Waals surface area (Å²) in [5.41, 5.74) is 1.13. The number of fused-ring (bicyclic) bond motifs is 1. The molecule has 0 saturated heterocycles. The number of aromatic amines is 1. The van der Waals surface area contributed by atoms with E-state index in [9.17, 15) is 4.79 Å². The van der Waals surface area contributed by atoms with Crippen molar-refractivity contribution >= 4 is 10.8 Å². The van der Waals surface area contributed by atoms with Crippen LogP contribution in [0.25, 0.3) is 10.8 Å². The monoisotopic (exact) mass is 321 g/mol. The van der Waals surface area contributed by atoms with Crippen LogP contribution in [0.2, 0.25) is 0 Å². The van der Waals surface area contributed by atoms with E-state index >= 15 is 0 Å². The molecule has 1 heterocycles. The van der Waals surface area contributed by atoms with Crippen LogP contribution in [0, 0.1) is 0 Å². The lowest BCUT2D eigenvalue weighted by atomic mass is 10.00. The van der Waals surface area contributed by atoms with E-state index in [0.717, 1.165) is 25.7 Å². The minimum Gasteiger partial charge on any atom is -0.490 e. The molecule has 0 aliphatic rings. The molecule has 0 aliphatic carbocycles. The standard InChI is InChI=1S/C21H23NO2/c1-2-3-8-19(24-20-11-12-22-21(23)15-20)14-16-9-10-17-6-4-5-7-18(17)13-16/h4-7,9-13,15,19H,2-3,8,14H2,1H3,(H,22,23). The molecule has 0 amide bonds. The van der Waals surface area contributed by atoms with Gasteiger partial charge in [0.15, 0.2) is 0 Å². The van der Waals surface area contributed by atoms with Crippen LogP contribution in [0.15, 0.2) is 65.6 Å². The summed E-state index contributed by atoms with van der Waals surface area (Å²) in [7, 11) is 0. The molecule has 0 fully saturated rings. The molecular weight excluding hydrogens is 298 g/mol. The van der Waals surface area contributed by atoms with Crippen molar-refractivity contribution in [1.82, 2.24) is 4.98 Å². The zero-order valence-corrected chi connectivity index (χ0v) is 14.0. The topological polar surface area (TPSA) is 42.1 Å². The highest BCUT2D eigenvalue weighted by Crippen LogP contribution is 2.20. The second-order valence-corrected chi connectivity index (χ2v) is 6.16. The Morgan fingerprint density at radius 2 is 1.88 bits per heavy atom. The lowest BCUT2D eigenvalue weighted by Crippen LogP contribution is -2.20. The van der Waals surface area contributed by atoms with Crippen LogP contribution in [0.1, 0.15) is 31.7 Å². The van der Waals surface area contributed by atoms with Crippen molar-refractivity contribution < 1.29 is 4.74 Å². The highest BCUT2D eigenvalue weighted by atomic mass is 16.5.